The summed E-state index contributed by atoms with van der Waals surface area (Å²) in [6, 6.07) is 6.26. The van der Waals surface area contributed by atoms with Crippen LogP contribution in [0.3, 0.4) is 0 Å². The van der Waals surface area contributed by atoms with E-state index in [4.69, 9.17) is 0 Å². The number of nitrogens with zero attached hydrogens (tertiary/aromatic N) is 2. The lowest BCUT2D eigenvalue weighted by Gasteiger charge is -2.33. The number of benzene rings is 1. The van der Waals surface area contributed by atoms with Crippen LogP contribution in [0, 0.1) is 15.5 Å². The molecule has 0 aromatic heterocycles. The van der Waals surface area contributed by atoms with Crippen molar-refractivity contribution in [3.63, 3.8) is 0 Å². The minimum atomic E-state index is -0.424. The van der Waals surface area contributed by atoms with Gasteiger partial charge in [0.1, 0.15) is 0 Å². The Morgan fingerprint density at radius 2 is 1.87 bits per heavy atom. The fourth-order valence-electron chi connectivity index (χ4n) is 3.54. The molecule has 0 saturated carbocycles. The summed E-state index contributed by atoms with van der Waals surface area (Å²) >= 11 is 0. The Hall–Kier alpha value is -1.66. The van der Waals surface area contributed by atoms with Crippen molar-refractivity contribution in [2.75, 3.05) is 26.2 Å². The molecule has 0 radical (unpaired) electrons. The molecule has 126 valence electrons. The molecule has 3 rings (SSSR count). The highest BCUT2D eigenvalue weighted by atomic mass is 35.5. The highest BCUT2D eigenvalue weighted by Crippen LogP contribution is 2.38. The van der Waals surface area contributed by atoms with Crippen molar-refractivity contribution in [1.82, 2.24) is 10.2 Å². The molecule has 2 saturated heterocycles. The number of amides is 1. The number of hydrogen-bond donors (Lipinski definition) is 1. The molecule has 1 aromatic rings. The third-order valence-electron chi connectivity index (χ3n) is 4.96. The lowest BCUT2D eigenvalue weighted by atomic mass is 9.78. The van der Waals surface area contributed by atoms with E-state index in [0.717, 1.165) is 51.0 Å². The van der Waals surface area contributed by atoms with Crippen LogP contribution in [0.2, 0.25) is 0 Å². The molecule has 1 N–H and O–H groups in total. The quantitative estimate of drug-likeness (QED) is 0.676. The van der Waals surface area contributed by atoms with E-state index in [1.165, 1.54) is 12.1 Å². The van der Waals surface area contributed by atoms with Crippen molar-refractivity contribution < 1.29 is 9.72 Å². The third kappa shape index (κ3) is 4.00. The Labute approximate surface area is 141 Å². The molecule has 2 fully saturated rings. The average molecular weight is 340 g/mol. The highest BCUT2D eigenvalue weighted by Gasteiger charge is 2.40. The number of rotatable bonds is 3. The van der Waals surface area contributed by atoms with E-state index in [-0.39, 0.29) is 24.0 Å². The maximum atomic E-state index is 12.4. The van der Waals surface area contributed by atoms with E-state index in [1.54, 1.807) is 12.1 Å². The number of carbonyl (C=O) groups excluding carboxylic acids is 1. The van der Waals surface area contributed by atoms with Crippen LogP contribution in [-0.2, 0) is 11.2 Å². The van der Waals surface area contributed by atoms with E-state index < -0.39 is 4.92 Å². The molecule has 0 bridgehead atoms. The second kappa shape index (κ2) is 7.27. The summed E-state index contributed by atoms with van der Waals surface area (Å²) in [7, 11) is 0. The molecule has 0 unspecified atom stereocenters. The van der Waals surface area contributed by atoms with E-state index in [1.807, 2.05) is 4.90 Å². The van der Waals surface area contributed by atoms with Gasteiger partial charge >= 0.3 is 0 Å². The van der Waals surface area contributed by atoms with Crippen LogP contribution >= 0.6 is 12.4 Å². The SMILES string of the molecule is Cl.O=C(Cc1ccc([N+](=O)[O-])cc1)N1CCC2(CCNCC2)C1. The van der Waals surface area contributed by atoms with Gasteiger partial charge in [0, 0.05) is 25.2 Å². The number of halogens is 1. The van der Waals surface area contributed by atoms with Crippen LogP contribution < -0.4 is 5.32 Å². The van der Waals surface area contributed by atoms with Crippen molar-refractivity contribution in [3.8, 4) is 0 Å². The van der Waals surface area contributed by atoms with Crippen molar-refractivity contribution >= 4 is 24.0 Å². The normalized spacial score (nSPS) is 19.4. The lowest BCUT2D eigenvalue weighted by Crippen LogP contribution is -2.40. The van der Waals surface area contributed by atoms with E-state index in [2.05, 4.69) is 5.32 Å². The standard InChI is InChI=1S/C16H21N3O3.ClH/c20-15(11-13-1-3-14(4-2-13)19(21)22)18-10-7-16(12-18)5-8-17-9-6-16;/h1-4,17H,5-12H2;1H. The Morgan fingerprint density at radius 1 is 1.22 bits per heavy atom. The maximum Gasteiger partial charge on any atom is 0.269 e. The molecule has 1 amide bonds. The first-order valence-electron chi connectivity index (χ1n) is 7.80. The monoisotopic (exact) mass is 339 g/mol. The van der Waals surface area contributed by atoms with Crippen LogP contribution in [-0.4, -0.2) is 41.9 Å². The molecule has 0 atom stereocenters. The van der Waals surface area contributed by atoms with Gasteiger partial charge in [-0.1, -0.05) is 12.1 Å². The minimum Gasteiger partial charge on any atom is -0.342 e. The molecule has 1 spiro atoms. The van der Waals surface area contributed by atoms with E-state index >= 15 is 0 Å². The Kier molecular flexibility index (Phi) is 5.59. The van der Waals surface area contributed by atoms with Gasteiger partial charge in [-0.2, -0.15) is 0 Å². The van der Waals surface area contributed by atoms with Gasteiger partial charge in [-0.3, -0.25) is 14.9 Å². The first-order valence-corrected chi connectivity index (χ1v) is 7.80. The van der Waals surface area contributed by atoms with Crippen molar-refractivity contribution in [1.29, 1.82) is 0 Å². The topological polar surface area (TPSA) is 75.5 Å². The largest absolute Gasteiger partial charge is 0.342 e. The van der Waals surface area contributed by atoms with Crippen LogP contribution in [0.15, 0.2) is 24.3 Å². The summed E-state index contributed by atoms with van der Waals surface area (Å²) in [5.74, 6) is 0.129. The molecule has 2 aliphatic rings. The second-order valence-electron chi connectivity index (χ2n) is 6.42. The van der Waals surface area contributed by atoms with Crippen molar-refractivity contribution in [2.24, 2.45) is 5.41 Å². The molecule has 7 heteroatoms. The molecule has 2 aliphatic heterocycles. The maximum absolute atomic E-state index is 12.4. The van der Waals surface area contributed by atoms with Gasteiger partial charge in [-0.15, -0.1) is 12.4 Å². The van der Waals surface area contributed by atoms with Gasteiger partial charge in [-0.25, -0.2) is 0 Å². The fourth-order valence-corrected chi connectivity index (χ4v) is 3.54. The first kappa shape index (κ1) is 17.7. The molecular formula is C16H22ClN3O3. The number of hydrogen-bond acceptors (Lipinski definition) is 4. The average Bonchev–Trinajstić information content (AvgIpc) is 2.92. The number of nitro groups is 1. The lowest BCUT2D eigenvalue weighted by molar-refractivity contribution is -0.384. The van der Waals surface area contributed by atoms with Crippen LogP contribution in [0.25, 0.3) is 0 Å². The zero-order valence-corrected chi connectivity index (χ0v) is 13.8. The smallest absolute Gasteiger partial charge is 0.269 e. The van der Waals surface area contributed by atoms with Crippen molar-refractivity contribution in [3.05, 3.63) is 39.9 Å². The number of nitro benzene ring substituents is 1. The Bertz CT molecular complexity index is 570. The Balaban J connectivity index is 0.00000192. The zero-order valence-electron chi connectivity index (χ0n) is 13.0. The van der Waals surface area contributed by atoms with Gasteiger partial charge in [0.25, 0.3) is 5.69 Å². The zero-order chi connectivity index (χ0) is 15.6. The third-order valence-corrected chi connectivity index (χ3v) is 4.96. The van der Waals surface area contributed by atoms with Gasteiger partial charge in [0.05, 0.1) is 11.3 Å². The van der Waals surface area contributed by atoms with Crippen molar-refractivity contribution in [2.45, 2.75) is 25.7 Å². The van der Waals surface area contributed by atoms with Crippen LogP contribution in [0.4, 0.5) is 5.69 Å². The first-order chi connectivity index (χ1) is 10.6. The number of carbonyl (C=O) groups is 1. The van der Waals surface area contributed by atoms with Crippen LogP contribution in [0.1, 0.15) is 24.8 Å². The highest BCUT2D eigenvalue weighted by molar-refractivity contribution is 5.85. The summed E-state index contributed by atoms with van der Waals surface area (Å²) in [6.45, 7) is 3.79. The fraction of sp³-hybridized carbons (Fsp3) is 0.562. The van der Waals surface area contributed by atoms with E-state index in [9.17, 15) is 14.9 Å². The molecule has 2 heterocycles. The number of likely N-dealkylation sites (tertiary alicyclic amines) is 1. The van der Waals surface area contributed by atoms with Gasteiger partial charge < -0.3 is 10.2 Å². The summed E-state index contributed by atoms with van der Waals surface area (Å²) < 4.78 is 0. The van der Waals surface area contributed by atoms with Gasteiger partial charge in [0.15, 0.2) is 0 Å². The number of piperidine rings is 1. The molecule has 0 aliphatic carbocycles. The predicted molar refractivity (Wildman–Crippen MR) is 89.8 cm³/mol. The van der Waals surface area contributed by atoms with Crippen LogP contribution in [0.5, 0.6) is 0 Å². The Morgan fingerprint density at radius 3 is 2.48 bits per heavy atom. The summed E-state index contributed by atoms with van der Waals surface area (Å²) in [4.78, 5) is 24.6. The second-order valence-corrected chi connectivity index (χ2v) is 6.42. The molecule has 6 nitrogen and oxygen atoms in total. The predicted octanol–water partition coefficient (Wildman–Crippen LogP) is 2.16. The summed E-state index contributed by atoms with van der Waals surface area (Å²) in [5.41, 5.74) is 1.21. The molecule has 1 aromatic carbocycles. The van der Waals surface area contributed by atoms with Gasteiger partial charge in [0.2, 0.25) is 5.91 Å². The number of non-ortho nitro benzene ring substituents is 1. The number of nitrogens with one attached hydrogen (secondary N) is 1. The summed E-state index contributed by atoms with van der Waals surface area (Å²) in [5, 5.41) is 14.0. The van der Waals surface area contributed by atoms with Gasteiger partial charge in [-0.05, 0) is 43.3 Å². The van der Waals surface area contributed by atoms with E-state index in [0.29, 0.717) is 11.8 Å². The minimum absolute atomic E-state index is 0. The summed E-state index contributed by atoms with van der Waals surface area (Å²) in [6.07, 6.45) is 3.72. The molecule has 23 heavy (non-hydrogen) atoms. The molecular weight excluding hydrogens is 318 g/mol.